The molecule has 8 heteroatoms. The number of carboxylic acid groups (broad SMARTS) is 1. The molecule has 3 atom stereocenters. The van der Waals surface area contributed by atoms with Gasteiger partial charge in [-0.05, 0) is 13.8 Å². The monoisotopic (exact) mass is 273 g/mol. The number of amides is 1. The summed E-state index contributed by atoms with van der Waals surface area (Å²) in [6.45, 7) is 3.02. The highest BCUT2D eigenvalue weighted by molar-refractivity contribution is 7.09. The molecule has 1 heterocycles. The van der Waals surface area contributed by atoms with E-state index in [1.165, 1.54) is 23.6 Å². The van der Waals surface area contributed by atoms with E-state index in [9.17, 15) is 14.7 Å². The molecule has 0 aliphatic carbocycles. The first-order chi connectivity index (χ1) is 8.32. The molecule has 0 aliphatic heterocycles. The summed E-state index contributed by atoms with van der Waals surface area (Å²) in [6, 6.07) is -1.65. The highest BCUT2D eigenvalue weighted by atomic mass is 32.1. The van der Waals surface area contributed by atoms with E-state index >= 15 is 0 Å². The van der Waals surface area contributed by atoms with Crippen LogP contribution in [-0.2, 0) is 4.79 Å². The Morgan fingerprint density at radius 1 is 1.50 bits per heavy atom. The second kappa shape index (κ2) is 5.89. The number of rotatable bonds is 5. The van der Waals surface area contributed by atoms with Crippen molar-refractivity contribution in [3.63, 3.8) is 0 Å². The molecule has 0 saturated carbocycles. The van der Waals surface area contributed by atoms with Gasteiger partial charge >= 0.3 is 5.97 Å². The number of thiazole rings is 1. The SMILES string of the molecule is CC(N)c1nc(C(=O)NC(C(=O)O)C(C)O)cs1. The first-order valence-electron chi connectivity index (χ1n) is 5.25. The van der Waals surface area contributed by atoms with Crippen molar-refractivity contribution in [2.45, 2.75) is 32.0 Å². The van der Waals surface area contributed by atoms with Crippen molar-refractivity contribution in [1.82, 2.24) is 10.3 Å². The molecule has 0 fully saturated rings. The highest BCUT2D eigenvalue weighted by Gasteiger charge is 2.26. The second-order valence-corrected chi connectivity index (χ2v) is 4.78. The Morgan fingerprint density at radius 2 is 2.11 bits per heavy atom. The number of nitrogens with one attached hydrogen (secondary N) is 1. The van der Waals surface area contributed by atoms with Crippen LogP contribution in [0, 0.1) is 0 Å². The summed E-state index contributed by atoms with van der Waals surface area (Å²) < 4.78 is 0. The van der Waals surface area contributed by atoms with Crippen LogP contribution in [0.4, 0.5) is 0 Å². The van der Waals surface area contributed by atoms with Crippen molar-refractivity contribution in [3.05, 3.63) is 16.1 Å². The summed E-state index contributed by atoms with van der Waals surface area (Å²) >= 11 is 1.22. The van der Waals surface area contributed by atoms with Gasteiger partial charge < -0.3 is 21.3 Å². The minimum Gasteiger partial charge on any atom is -0.480 e. The minimum absolute atomic E-state index is 0.0965. The average molecular weight is 273 g/mol. The third-order valence-corrected chi connectivity index (χ3v) is 3.22. The summed E-state index contributed by atoms with van der Waals surface area (Å²) in [6.07, 6.45) is -1.20. The third-order valence-electron chi connectivity index (χ3n) is 2.18. The van der Waals surface area contributed by atoms with Gasteiger partial charge in [-0.25, -0.2) is 9.78 Å². The van der Waals surface area contributed by atoms with E-state index in [2.05, 4.69) is 10.3 Å². The van der Waals surface area contributed by atoms with Crippen molar-refractivity contribution in [3.8, 4) is 0 Å². The molecule has 1 aromatic rings. The normalized spacial score (nSPS) is 15.8. The molecule has 100 valence electrons. The topological polar surface area (TPSA) is 126 Å². The molecule has 1 rings (SSSR count). The number of aliphatic carboxylic acids is 1. The van der Waals surface area contributed by atoms with E-state index < -0.39 is 24.0 Å². The van der Waals surface area contributed by atoms with E-state index in [1.54, 1.807) is 6.92 Å². The van der Waals surface area contributed by atoms with Crippen LogP contribution in [0.3, 0.4) is 0 Å². The van der Waals surface area contributed by atoms with Crippen molar-refractivity contribution in [1.29, 1.82) is 0 Å². The molecule has 0 spiro atoms. The highest BCUT2D eigenvalue weighted by Crippen LogP contribution is 2.15. The van der Waals surface area contributed by atoms with Crippen LogP contribution in [-0.4, -0.2) is 39.2 Å². The lowest BCUT2D eigenvalue weighted by molar-refractivity contribution is -0.141. The summed E-state index contributed by atoms with van der Waals surface area (Å²) in [5.41, 5.74) is 5.70. The summed E-state index contributed by atoms with van der Waals surface area (Å²) in [7, 11) is 0. The van der Waals surface area contributed by atoms with E-state index in [0.717, 1.165) is 0 Å². The lowest BCUT2D eigenvalue weighted by Crippen LogP contribution is -2.47. The Hall–Kier alpha value is -1.51. The fraction of sp³-hybridized carbons (Fsp3) is 0.500. The first kappa shape index (κ1) is 14.6. The van der Waals surface area contributed by atoms with Crippen LogP contribution < -0.4 is 11.1 Å². The van der Waals surface area contributed by atoms with E-state index in [1.807, 2.05) is 0 Å². The maximum absolute atomic E-state index is 11.7. The summed E-state index contributed by atoms with van der Waals surface area (Å²) in [5.74, 6) is -1.95. The van der Waals surface area contributed by atoms with Crippen molar-refractivity contribution in [2.75, 3.05) is 0 Å². The van der Waals surface area contributed by atoms with Crippen molar-refractivity contribution >= 4 is 23.2 Å². The lowest BCUT2D eigenvalue weighted by Gasteiger charge is -2.16. The summed E-state index contributed by atoms with van der Waals surface area (Å²) in [5, 5.41) is 22.3. The molecule has 0 bridgehead atoms. The fourth-order valence-electron chi connectivity index (χ4n) is 1.20. The average Bonchev–Trinajstić information content (AvgIpc) is 2.73. The van der Waals surface area contributed by atoms with Gasteiger partial charge in [0.15, 0.2) is 6.04 Å². The van der Waals surface area contributed by atoms with E-state index in [0.29, 0.717) is 5.01 Å². The van der Waals surface area contributed by atoms with Gasteiger partial charge in [0, 0.05) is 5.38 Å². The maximum Gasteiger partial charge on any atom is 0.328 e. The third kappa shape index (κ3) is 3.49. The molecule has 18 heavy (non-hydrogen) atoms. The molecule has 5 N–H and O–H groups in total. The smallest absolute Gasteiger partial charge is 0.328 e. The van der Waals surface area contributed by atoms with Gasteiger partial charge in [0.1, 0.15) is 10.7 Å². The van der Waals surface area contributed by atoms with Crippen LogP contribution >= 0.6 is 11.3 Å². The molecule has 7 nitrogen and oxygen atoms in total. The largest absolute Gasteiger partial charge is 0.480 e. The van der Waals surface area contributed by atoms with Crippen molar-refractivity contribution < 1.29 is 19.8 Å². The first-order valence-corrected chi connectivity index (χ1v) is 6.13. The molecular formula is C10H15N3O4S. The Morgan fingerprint density at radius 3 is 2.50 bits per heavy atom. The molecule has 0 aromatic carbocycles. The van der Waals surface area contributed by atoms with E-state index in [4.69, 9.17) is 10.8 Å². The predicted octanol–water partition coefficient (Wildman–Crippen LogP) is -0.273. The molecule has 0 aliphatic rings. The van der Waals surface area contributed by atoms with Gasteiger partial charge in [0.05, 0.1) is 12.1 Å². The fourth-order valence-corrected chi connectivity index (χ4v) is 1.96. The molecule has 0 saturated heterocycles. The lowest BCUT2D eigenvalue weighted by atomic mass is 10.2. The number of aliphatic hydroxyl groups excluding tert-OH is 1. The quantitative estimate of drug-likeness (QED) is 0.585. The number of nitrogens with two attached hydrogens (primary N) is 1. The zero-order chi connectivity index (χ0) is 13.9. The van der Waals surface area contributed by atoms with Gasteiger partial charge in [-0.3, -0.25) is 4.79 Å². The molecule has 1 amide bonds. The number of hydrogen-bond acceptors (Lipinski definition) is 6. The zero-order valence-electron chi connectivity index (χ0n) is 9.95. The molecule has 1 aromatic heterocycles. The predicted molar refractivity (Wildman–Crippen MR) is 65.3 cm³/mol. The van der Waals surface area contributed by atoms with Gasteiger partial charge in [-0.15, -0.1) is 11.3 Å². The Labute approximate surface area is 108 Å². The zero-order valence-corrected chi connectivity index (χ0v) is 10.8. The van der Waals surface area contributed by atoms with Crippen LogP contribution in [0.2, 0.25) is 0 Å². The number of aliphatic hydroxyl groups is 1. The van der Waals surface area contributed by atoms with Crippen LogP contribution in [0.15, 0.2) is 5.38 Å². The number of nitrogens with zero attached hydrogens (tertiary/aromatic N) is 1. The van der Waals surface area contributed by atoms with Crippen LogP contribution in [0.1, 0.15) is 35.4 Å². The number of hydrogen-bond donors (Lipinski definition) is 4. The molecule has 0 radical (unpaired) electrons. The number of carbonyl (C=O) groups is 2. The van der Waals surface area contributed by atoms with Gasteiger partial charge in [-0.1, -0.05) is 0 Å². The summed E-state index contributed by atoms with van der Waals surface area (Å²) in [4.78, 5) is 26.5. The molecular weight excluding hydrogens is 258 g/mol. The van der Waals surface area contributed by atoms with Crippen molar-refractivity contribution in [2.24, 2.45) is 5.73 Å². The van der Waals surface area contributed by atoms with Gasteiger partial charge in [-0.2, -0.15) is 0 Å². The second-order valence-electron chi connectivity index (χ2n) is 3.89. The maximum atomic E-state index is 11.7. The van der Waals surface area contributed by atoms with Gasteiger partial charge in [0.25, 0.3) is 5.91 Å². The van der Waals surface area contributed by atoms with Crippen LogP contribution in [0.25, 0.3) is 0 Å². The van der Waals surface area contributed by atoms with Gasteiger partial charge in [0.2, 0.25) is 0 Å². The minimum atomic E-state index is -1.36. The van der Waals surface area contributed by atoms with Crippen LogP contribution in [0.5, 0.6) is 0 Å². The van der Waals surface area contributed by atoms with E-state index in [-0.39, 0.29) is 11.7 Å². The standard InChI is InChI=1S/C10H15N3O4S/c1-4(11)9-12-6(3-18-9)8(15)13-7(5(2)14)10(16)17/h3-5,7,14H,11H2,1-2H3,(H,13,15)(H,16,17). The Bertz CT molecular complexity index is 444. The Balaban J connectivity index is 2.77. The molecule has 3 unspecified atom stereocenters. The Kier molecular flexibility index (Phi) is 4.76. The number of carbonyl (C=O) groups excluding carboxylic acids is 1. The number of aromatic nitrogens is 1. The number of carboxylic acids is 1.